The van der Waals surface area contributed by atoms with Crippen molar-refractivity contribution in [2.75, 3.05) is 10.0 Å². The summed E-state index contributed by atoms with van der Waals surface area (Å²) in [5.74, 6) is -0.305. The molecule has 0 aliphatic carbocycles. The number of rotatable bonds is 0. The van der Waals surface area contributed by atoms with Crippen LogP contribution in [-0.2, 0) is 9.79 Å². The third-order valence-corrected chi connectivity index (χ3v) is 4.28. The fourth-order valence-electron chi connectivity index (χ4n) is 2.37. The summed E-state index contributed by atoms with van der Waals surface area (Å²) < 4.78 is 8.83. The van der Waals surface area contributed by atoms with Crippen molar-refractivity contribution in [2.45, 2.75) is 5.06 Å². The average Bonchev–Trinajstić information content (AvgIpc) is 2.78. The summed E-state index contributed by atoms with van der Waals surface area (Å²) in [6, 6.07) is 15.2. The highest BCUT2D eigenvalue weighted by molar-refractivity contribution is 8.01. The molecule has 0 saturated heterocycles. The number of carbonyl (C=O) groups is 1. The molecule has 0 fully saturated rings. The molecule has 2 aliphatic heterocycles. The molecule has 1 atom stereocenters. The van der Waals surface area contributed by atoms with Gasteiger partial charge in [0.15, 0.2) is 0 Å². The summed E-state index contributed by atoms with van der Waals surface area (Å²) in [7, 11) is 0. The number of hydrogen-bond donors (Lipinski definition) is 2. The van der Waals surface area contributed by atoms with Gasteiger partial charge in [-0.25, -0.2) is 4.79 Å². The Kier molecular flexibility index (Phi) is 2.08. The molecule has 2 N–H and O–H groups in total. The van der Waals surface area contributed by atoms with E-state index in [0.717, 1.165) is 16.9 Å². The Balaban J connectivity index is 1.86. The lowest BCUT2D eigenvalue weighted by molar-refractivity contribution is 0.0243. The van der Waals surface area contributed by atoms with Crippen LogP contribution in [0.15, 0.2) is 48.5 Å². The molecule has 1 spiro atoms. The van der Waals surface area contributed by atoms with E-state index in [-0.39, 0.29) is 5.97 Å². The predicted molar refractivity (Wildman–Crippen MR) is 74.8 cm³/mol. The fraction of sp³-hybridized carbons (Fsp3) is 0.0714. The first kappa shape index (κ1) is 10.8. The molecule has 2 aromatic carbocycles. The zero-order valence-corrected chi connectivity index (χ0v) is 10.7. The molecular formula is C14H10N2O2S. The first-order chi connectivity index (χ1) is 9.28. The molecule has 2 aliphatic rings. The SMILES string of the molecule is O=C1OC2(Nc3ccccc31)SNc1ccccc12. The zero-order chi connectivity index (χ0) is 12.9. The van der Waals surface area contributed by atoms with Crippen LogP contribution < -0.4 is 10.0 Å². The van der Waals surface area contributed by atoms with Gasteiger partial charge < -0.3 is 14.8 Å². The minimum Gasteiger partial charge on any atom is -0.419 e. The first-order valence-electron chi connectivity index (χ1n) is 5.93. The molecule has 19 heavy (non-hydrogen) atoms. The Hall–Kier alpha value is -2.14. The molecule has 0 saturated carbocycles. The Morgan fingerprint density at radius 3 is 2.63 bits per heavy atom. The van der Waals surface area contributed by atoms with Crippen LogP contribution in [0.1, 0.15) is 15.9 Å². The van der Waals surface area contributed by atoms with Gasteiger partial charge in [0.1, 0.15) is 0 Å². The predicted octanol–water partition coefficient (Wildman–Crippen LogP) is 3.15. The van der Waals surface area contributed by atoms with Crippen LogP contribution in [0.4, 0.5) is 11.4 Å². The molecule has 0 amide bonds. The number of ether oxygens (including phenoxy) is 1. The molecule has 5 heteroatoms. The number of fused-ring (bicyclic) bond motifs is 3. The monoisotopic (exact) mass is 270 g/mol. The normalized spacial score (nSPS) is 23.1. The molecule has 2 aromatic rings. The summed E-state index contributed by atoms with van der Waals surface area (Å²) in [5, 5.41) is 2.44. The number of esters is 1. The van der Waals surface area contributed by atoms with Crippen molar-refractivity contribution in [2.24, 2.45) is 0 Å². The first-order valence-corrected chi connectivity index (χ1v) is 6.74. The number of nitrogens with one attached hydrogen (secondary N) is 2. The van der Waals surface area contributed by atoms with Crippen LogP contribution >= 0.6 is 11.9 Å². The molecule has 0 aromatic heterocycles. The molecule has 2 heterocycles. The van der Waals surface area contributed by atoms with Crippen LogP contribution in [0.3, 0.4) is 0 Å². The summed E-state index contributed by atoms with van der Waals surface area (Å²) in [4.78, 5) is 12.2. The van der Waals surface area contributed by atoms with Gasteiger partial charge in [0.2, 0.25) is 0 Å². The second-order valence-corrected chi connectivity index (χ2v) is 5.41. The van der Waals surface area contributed by atoms with Gasteiger partial charge in [0, 0.05) is 11.9 Å². The molecule has 94 valence electrons. The molecule has 1 unspecified atom stereocenters. The highest BCUT2D eigenvalue weighted by Gasteiger charge is 2.47. The van der Waals surface area contributed by atoms with Crippen molar-refractivity contribution < 1.29 is 9.53 Å². The Bertz CT molecular complexity index is 689. The second-order valence-electron chi connectivity index (χ2n) is 4.43. The molecule has 4 rings (SSSR count). The maximum atomic E-state index is 12.2. The van der Waals surface area contributed by atoms with Crippen LogP contribution in [0.25, 0.3) is 0 Å². The highest BCUT2D eigenvalue weighted by Crippen LogP contribution is 2.50. The highest BCUT2D eigenvalue weighted by atomic mass is 32.2. The van der Waals surface area contributed by atoms with E-state index in [4.69, 9.17) is 4.74 Å². The van der Waals surface area contributed by atoms with E-state index in [1.54, 1.807) is 6.07 Å². The lowest BCUT2D eigenvalue weighted by atomic mass is 10.1. The lowest BCUT2D eigenvalue weighted by Gasteiger charge is -2.34. The van der Waals surface area contributed by atoms with E-state index in [1.165, 1.54) is 11.9 Å². The number of para-hydroxylation sites is 2. The van der Waals surface area contributed by atoms with Gasteiger partial charge in [-0.05, 0) is 24.3 Å². The minimum absolute atomic E-state index is 0.305. The van der Waals surface area contributed by atoms with Gasteiger partial charge in [0.05, 0.1) is 22.5 Å². The van der Waals surface area contributed by atoms with Gasteiger partial charge in [-0.1, -0.05) is 24.3 Å². The number of carbonyl (C=O) groups excluding carboxylic acids is 1. The summed E-state index contributed by atoms with van der Waals surface area (Å²) in [6.07, 6.45) is 0. The van der Waals surface area contributed by atoms with Gasteiger partial charge in [0.25, 0.3) is 5.06 Å². The van der Waals surface area contributed by atoms with Crippen molar-refractivity contribution in [1.82, 2.24) is 0 Å². The third kappa shape index (κ3) is 1.45. The van der Waals surface area contributed by atoms with E-state index in [0.29, 0.717) is 5.56 Å². The van der Waals surface area contributed by atoms with E-state index in [2.05, 4.69) is 10.0 Å². The number of benzene rings is 2. The van der Waals surface area contributed by atoms with Crippen molar-refractivity contribution in [1.29, 1.82) is 0 Å². The molecule has 4 nitrogen and oxygen atoms in total. The van der Waals surface area contributed by atoms with Crippen LogP contribution in [-0.4, -0.2) is 5.97 Å². The smallest absolute Gasteiger partial charge is 0.343 e. The van der Waals surface area contributed by atoms with Crippen LogP contribution in [0.5, 0.6) is 0 Å². The Morgan fingerprint density at radius 2 is 1.74 bits per heavy atom. The topological polar surface area (TPSA) is 50.4 Å². The molecular weight excluding hydrogens is 260 g/mol. The summed E-state index contributed by atoms with van der Waals surface area (Å²) >= 11 is 1.36. The van der Waals surface area contributed by atoms with Crippen molar-refractivity contribution in [3.8, 4) is 0 Å². The number of anilines is 2. The van der Waals surface area contributed by atoms with E-state index < -0.39 is 5.06 Å². The van der Waals surface area contributed by atoms with E-state index >= 15 is 0 Å². The molecule has 0 bridgehead atoms. The maximum absolute atomic E-state index is 12.2. The Labute approximate surface area is 114 Å². The lowest BCUT2D eigenvalue weighted by Crippen LogP contribution is -2.39. The standard InChI is InChI=1S/C14H10N2O2S/c17-13-9-5-1-3-7-11(9)15-14(18-13)10-6-2-4-8-12(10)16-19-14/h1-8,15-16H. The molecule has 0 radical (unpaired) electrons. The maximum Gasteiger partial charge on any atom is 0.343 e. The minimum atomic E-state index is -0.873. The summed E-state index contributed by atoms with van der Waals surface area (Å²) in [5.41, 5.74) is 3.26. The van der Waals surface area contributed by atoms with Gasteiger partial charge in [-0.2, -0.15) is 0 Å². The number of hydrogen-bond acceptors (Lipinski definition) is 5. The van der Waals surface area contributed by atoms with Gasteiger partial charge in [-0.15, -0.1) is 0 Å². The third-order valence-electron chi connectivity index (χ3n) is 3.27. The summed E-state index contributed by atoms with van der Waals surface area (Å²) in [6.45, 7) is 0. The Morgan fingerprint density at radius 1 is 1.00 bits per heavy atom. The quantitative estimate of drug-likeness (QED) is 0.569. The van der Waals surface area contributed by atoms with Crippen molar-refractivity contribution in [3.63, 3.8) is 0 Å². The van der Waals surface area contributed by atoms with Crippen molar-refractivity contribution in [3.05, 3.63) is 59.7 Å². The second kappa shape index (κ2) is 3.68. The van der Waals surface area contributed by atoms with E-state index in [1.807, 2.05) is 42.5 Å². The van der Waals surface area contributed by atoms with Gasteiger partial charge in [-0.3, -0.25) is 0 Å². The van der Waals surface area contributed by atoms with Crippen molar-refractivity contribution >= 4 is 29.3 Å². The largest absolute Gasteiger partial charge is 0.419 e. The zero-order valence-electron chi connectivity index (χ0n) is 9.84. The van der Waals surface area contributed by atoms with E-state index in [9.17, 15) is 4.79 Å². The fourth-order valence-corrected chi connectivity index (χ4v) is 3.37. The van der Waals surface area contributed by atoms with Crippen LogP contribution in [0, 0.1) is 0 Å². The van der Waals surface area contributed by atoms with Crippen LogP contribution in [0.2, 0.25) is 0 Å². The van der Waals surface area contributed by atoms with Gasteiger partial charge >= 0.3 is 5.97 Å². The average molecular weight is 270 g/mol.